The molecule has 0 radical (unpaired) electrons. The Morgan fingerprint density at radius 2 is 1.85 bits per heavy atom. The van der Waals surface area contributed by atoms with Gasteiger partial charge in [0.2, 0.25) is 0 Å². The van der Waals surface area contributed by atoms with Gasteiger partial charge in [0.05, 0.1) is 12.4 Å². The lowest BCUT2D eigenvalue weighted by Crippen LogP contribution is -2.02. The van der Waals surface area contributed by atoms with Crippen LogP contribution in [0.3, 0.4) is 0 Å². The predicted molar refractivity (Wildman–Crippen MR) is 78.0 cm³/mol. The van der Waals surface area contributed by atoms with Crippen molar-refractivity contribution in [1.82, 2.24) is 9.97 Å². The number of benzene rings is 2. The molecule has 0 bridgehead atoms. The fourth-order valence-electron chi connectivity index (χ4n) is 2.11. The fourth-order valence-corrected chi connectivity index (χ4v) is 2.11. The molecule has 4 nitrogen and oxygen atoms in total. The molecule has 20 heavy (non-hydrogen) atoms. The maximum absolute atomic E-state index is 8.68. The van der Waals surface area contributed by atoms with Crippen LogP contribution in [0.15, 0.2) is 54.9 Å². The first kappa shape index (κ1) is 12.1. The van der Waals surface area contributed by atoms with Crippen LogP contribution >= 0.6 is 0 Å². The molecular weight excluding hydrogens is 248 g/mol. The number of nitrogens with zero attached hydrogens (tertiary/aromatic N) is 3. The largest absolute Gasteiger partial charge is 0.365 e. The third-order valence-corrected chi connectivity index (χ3v) is 3.11. The second kappa shape index (κ2) is 5.37. The lowest BCUT2D eigenvalue weighted by Gasteiger charge is -2.08. The van der Waals surface area contributed by atoms with Crippen LogP contribution in [-0.2, 0) is 6.54 Å². The van der Waals surface area contributed by atoms with Crippen LogP contribution < -0.4 is 5.32 Å². The monoisotopic (exact) mass is 260 g/mol. The third-order valence-electron chi connectivity index (χ3n) is 3.11. The van der Waals surface area contributed by atoms with Gasteiger partial charge in [-0.25, -0.2) is 9.97 Å². The molecule has 0 aliphatic rings. The molecule has 0 aliphatic heterocycles. The minimum absolute atomic E-state index is 0.320. The van der Waals surface area contributed by atoms with Gasteiger partial charge in [0, 0.05) is 6.54 Å². The molecule has 0 saturated carbocycles. The number of anilines is 1. The zero-order valence-corrected chi connectivity index (χ0v) is 10.7. The van der Waals surface area contributed by atoms with Crippen molar-refractivity contribution < 1.29 is 0 Å². The van der Waals surface area contributed by atoms with Crippen LogP contribution in [0.2, 0.25) is 0 Å². The number of hydrogen-bond acceptors (Lipinski definition) is 4. The van der Waals surface area contributed by atoms with Gasteiger partial charge in [0.15, 0.2) is 5.69 Å². The van der Waals surface area contributed by atoms with Crippen LogP contribution in [0.5, 0.6) is 0 Å². The van der Waals surface area contributed by atoms with Crippen LogP contribution in [0.25, 0.3) is 10.8 Å². The Kier molecular flexibility index (Phi) is 3.25. The summed E-state index contributed by atoms with van der Waals surface area (Å²) in [6, 6.07) is 16.5. The van der Waals surface area contributed by atoms with E-state index in [0.29, 0.717) is 18.1 Å². The van der Waals surface area contributed by atoms with E-state index in [1.54, 1.807) is 6.20 Å². The molecule has 1 heterocycles. The van der Waals surface area contributed by atoms with Crippen molar-refractivity contribution in [3.8, 4) is 6.07 Å². The van der Waals surface area contributed by atoms with E-state index in [2.05, 4.69) is 39.6 Å². The SMILES string of the molecule is N#Cc1cnc(NCc2cccc3ccccc23)cn1. The summed E-state index contributed by atoms with van der Waals surface area (Å²) in [5.74, 6) is 0.664. The van der Waals surface area contributed by atoms with Gasteiger partial charge in [-0.15, -0.1) is 0 Å². The third kappa shape index (κ3) is 2.43. The summed E-state index contributed by atoms with van der Waals surface area (Å²) in [5, 5.41) is 14.3. The molecule has 96 valence electrons. The summed E-state index contributed by atoms with van der Waals surface area (Å²) in [6.07, 6.45) is 3.04. The average molecular weight is 260 g/mol. The van der Waals surface area contributed by atoms with Gasteiger partial charge < -0.3 is 5.32 Å². The van der Waals surface area contributed by atoms with Crippen molar-refractivity contribution in [2.75, 3.05) is 5.32 Å². The zero-order valence-electron chi connectivity index (χ0n) is 10.7. The number of nitrogens with one attached hydrogen (secondary N) is 1. The number of aromatic nitrogens is 2. The van der Waals surface area contributed by atoms with Gasteiger partial charge in [-0.05, 0) is 16.3 Å². The summed E-state index contributed by atoms with van der Waals surface area (Å²) in [4.78, 5) is 8.13. The highest BCUT2D eigenvalue weighted by atomic mass is 15.0. The molecule has 3 aromatic rings. The van der Waals surface area contributed by atoms with Crippen molar-refractivity contribution >= 4 is 16.6 Å². The normalized spacial score (nSPS) is 10.2. The molecule has 0 fully saturated rings. The fraction of sp³-hybridized carbons (Fsp3) is 0.0625. The number of fused-ring (bicyclic) bond motifs is 1. The maximum atomic E-state index is 8.68. The van der Waals surface area contributed by atoms with Crippen molar-refractivity contribution in [1.29, 1.82) is 5.26 Å². The Bertz CT molecular complexity index is 767. The first-order valence-electron chi connectivity index (χ1n) is 6.29. The summed E-state index contributed by atoms with van der Waals surface area (Å²) in [6.45, 7) is 0.669. The highest BCUT2D eigenvalue weighted by molar-refractivity contribution is 5.85. The van der Waals surface area contributed by atoms with Crippen molar-refractivity contribution in [2.45, 2.75) is 6.54 Å². The minimum atomic E-state index is 0.320. The van der Waals surface area contributed by atoms with E-state index in [1.807, 2.05) is 24.3 Å². The number of hydrogen-bond donors (Lipinski definition) is 1. The van der Waals surface area contributed by atoms with E-state index in [0.717, 1.165) is 0 Å². The molecule has 1 aromatic heterocycles. The summed E-state index contributed by atoms with van der Waals surface area (Å²) in [5.41, 5.74) is 1.52. The molecule has 0 amide bonds. The molecular formula is C16H12N4. The minimum Gasteiger partial charge on any atom is -0.365 e. The van der Waals surface area contributed by atoms with Gasteiger partial charge >= 0.3 is 0 Å². The Morgan fingerprint density at radius 1 is 1.00 bits per heavy atom. The van der Waals surface area contributed by atoms with E-state index in [1.165, 1.54) is 22.5 Å². The van der Waals surface area contributed by atoms with Gasteiger partial charge in [0.25, 0.3) is 0 Å². The lowest BCUT2D eigenvalue weighted by molar-refractivity contribution is 1.08. The molecule has 0 unspecified atom stereocenters. The molecule has 1 N–H and O–H groups in total. The van der Waals surface area contributed by atoms with Crippen molar-refractivity contribution in [2.24, 2.45) is 0 Å². The quantitative estimate of drug-likeness (QED) is 0.786. The van der Waals surface area contributed by atoms with Crippen molar-refractivity contribution in [3.63, 3.8) is 0 Å². The highest BCUT2D eigenvalue weighted by Gasteiger charge is 2.01. The summed E-state index contributed by atoms with van der Waals surface area (Å²) in [7, 11) is 0. The molecule has 0 atom stereocenters. The Hall–Kier alpha value is -2.93. The Labute approximate surface area is 116 Å². The second-order valence-electron chi connectivity index (χ2n) is 4.39. The predicted octanol–water partition coefficient (Wildman–Crippen LogP) is 3.11. The molecule has 0 spiro atoms. The summed E-state index contributed by atoms with van der Waals surface area (Å²) < 4.78 is 0. The second-order valence-corrected chi connectivity index (χ2v) is 4.39. The molecule has 0 saturated heterocycles. The smallest absolute Gasteiger partial charge is 0.158 e. The Morgan fingerprint density at radius 3 is 2.65 bits per heavy atom. The van der Waals surface area contributed by atoms with E-state index in [9.17, 15) is 0 Å². The number of rotatable bonds is 3. The average Bonchev–Trinajstić information content (AvgIpc) is 2.53. The Balaban J connectivity index is 1.81. The molecule has 4 heteroatoms. The molecule has 3 rings (SSSR count). The standard InChI is InChI=1S/C16H12N4/c17-8-14-10-20-16(11-18-14)19-9-13-6-3-5-12-4-1-2-7-15(12)13/h1-7,10-11H,9H2,(H,19,20). The van der Waals surface area contributed by atoms with Crippen LogP contribution in [0, 0.1) is 11.3 Å². The van der Waals surface area contributed by atoms with E-state index >= 15 is 0 Å². The molecule has 0 aliphatic carbocycles. The van der Waals surface area contributed by atoms with Crippen LogP contribution in [-0.4, -0.2) is 9.97 Å². The topological polar surface area (TPSA) is 61.6 Å². The van der Waals surface area contributed by atoms with E-state index in [-0.39, 0.29) is 0 Å². The lowest BCUT2D eigenvalue weighted by atomic mass is 10.0. The highest BCUT2D eigenvalue weighted by Crippen LogP contribution is 2.19. The van der Waals surface area contributed by atoms with Crippen molar-refractivity contribution in [3.05, 3.63) is 66.1 Å². The first-order chi connectivity index (χ1) is 9.86. The molecule has 2 aromatic carbocycles. The van der Waals surface area contributed by atoms with Gasteiger partial charge in [-0.1, -0.05) is 42.5 Å². The van der Waals surface area contributed by atoms with E-state index in [4.69, 9.17) is 5.26 Å². The van der Waals surface area contributed by atoms with Gasteiger partial charge in [0.1, 0.15) is 11.9 Å². The van der Waals surface area contributed by atoms with Gasteiger partial charge in [-0.2, -0.15) is 5.26 Å². The van der Waals surface area contributed by atoms with Crippen LogP contribution in [0.4, 0.5) is 5.82 Å². The van der Waals surface area contributed by atoms with Gasteiger partial charge in [-0.3, -0.25) is 0 Å². The van der Waals surface area contributed by atoms with E-state index < -0.39 is 0 Å². The number of nitriles is 1. The first-order valence-corrected chi connectivity index (χ1v) is 6.29. The van der Waals surface area contributed by atoms with Crippen LogP contribution in [0.1, 0.15) is 11.3 Å². The zero-order chi connectivity index (χ0) is 13.8. The summed E-state index contributed by atoms with van der Waals surface area (Å²) >= 11 is 0. The maximum Gasteiger partial charge on any atom is 0.158 e.